The van der Waals surface area contributed by atoms with Crippen LogP contribution >= 0.6 is 0 Å². The highest BCUT2D eigenvalue weighted by Gasteiger charge is 2.35. The molecule has 0 amide bonds. The molecule has 0 aromatic rings. The quantitative estimate of drug-likeness (QED) is 0.0380. The number of likely N-dealkylation sites (tertiary alicyclic amines) is 2. The third-order valence-corrected chi connectivity index (χ3v) is 23.6. The van der Waals surface area contributed by atoms with Crippen LogP contribution in [-0.4, -0.2) is 196 Å². The van der Waals surface area contributed by atoms with Crippen LogP contribution in [0.5, 0.6) is 0 Å². The van der Waals surface area contributed by atoms with Crippen molar-refractivity contribution in [1.29, 1.82) is 0 Å². The Kier molecular flexibility index (Phi) is 95.3. The van der Waals surface area contributed by atoms with E-state index < -0.39 is 6.10 Å². The maximum atomic E-state index is 8.94. The number of methoxy groups -OCH3 is 1. The average Bonchev–Trinajstić information content (AvgIpc) is 1.70. The second kappa shape index (κ2) is 81.2. The van der Waals surface area contributed by atoms with Gasteiger partial charge in [0.2, 0.25) is 0 Å². The summed E-state index contributed by atoms with van der Waals surface area (Å²) in [5.74, 6) is 3.33. The van der Waals surface area contributed by atoms with Crippen LogP contribution in [0, 0.1) is 105 Å². The van der Waals surface area contributed by atoms with Gasteiger partial charge in [0.05, 0.1) is 12.7 Å². The number of rotatable bonds is 30. The number of aliphatic hydroxyl groups is 6. The van der Waals surface area contributed by atoms with Gasteiger partial charge in [-0.05, 0) is 307 Å². The van der Waals surface area contributed by atoms with Crippen LogP contribution in [0.25, 0.3) is 0 Å². The lowest BCUT2D eigenvalue weighted by atomic mass is 9.77. The molecule has 4 atom stereocenters. The van der Waals surface area contributed by atoms with E-state index in [1.807, 2.05) is 20.8 Å². The number of piperidine rings is 1. The van der Waals surface area contributed by atoms with Crippen molar-refractivity contribution in [1.82, 2.24) is 19.6 Å². The minimum atomic E-state index is -0.551. The maximum Gasteiger partial charge on any atom is 0.0775 e. The Morgan fingerprint density at radius 1 is 0.333 bits per heavy atom. The number of unbranched alkanes of at least 4 members (excludes halogenated alkanes) is 1. The minimum absolute atomic E-state index is 0.113. The molecule has 1 saturated carbocycles. The van der Waals surface area contributed by atoms with Crippen LogP contribution in [0.3, 0.4) is 0 Å². The third-order valence-electron chi connectivity index (χ3n) is 23.6. The fourth-order valence-corrected chi connectivity index (χ4v) is 13.1. The van der Waals surface area contributed by atoms with Crippen LogP contribution in [0.4, 0.5) is 0 Å². The molecule has 0 bridgehead atoms. The highest BCUT2D eigenvalue weighted by atomic mass is 16.5. The largest absolute Gasteiger partial charge is 0.396 e. The second-order valence-corrected chi connectivity index (χ2v) is 55.4. The van der Waals surface area contributed by atoms with Crippen molar-refractivity contribution in [3.05, 3.63) is 0 Å². The molecule has 0 spiro atoms. The van der Waals surface area contributed by atoms with Gasteiger partial charge in [0.25, 0.3) is 0 Å². The van der Waals surface area contributed by atoms with Crippen LogP contribution in [-0.2, 0) is 9.47 Å². The summed E-state index contributed by atoms with van der Waals surface area (Å²) in [6.45, 7) is 127. The fourth-order valence-electron chi connectivity index (χ4n) is 13.1. The van der Waals surface area contributed by atoms with Gasteiger partial charge < -0.3 is 59.7 Å². The van der Waals surface area contributed by atoms with Crippen molar-refractivity contribution in [2.75, 3.05) is 140 Å². The molecule has 12 heteroatoms. The Morgan fingerprint density at radius 3 is 0.806 bits per heavy atom. The maximum absolute atomic E-state index is 8.94. The molecule has 4 unspecified atom stereocenters. The summed E-state index contributed by atoms with van der Waals surface area (Å²) in [6.07, 6.45) is 32.0. The Bertz CT molecular complexity index is 2160. The molecular formula is C117H260N4O8. The Morgan fingerprint density at radius 2 is 0.643 bits per heavy atom. The topological polar surface area (TPSA) is 153 Å². The van der Waals surface area contributed by atoms with E-state index in [2.05, 4.69) is 366 Å². The lowest BCUT2D eigenvalue weighted by Gasteiger charge is -2.29. The van der Waals surface area contributed by atoms with Crippen molar-refractivity contribution in [3.8, 4) is 0 Å². The van der Waals surface area contributed by atoms with Crippen LogP contribution in [0.15, 0.2) is 0 Å². The van der Waals surface area contributed by atoms with E-state index >= 15 is 0 Å². The SMILES string of the molecule is CC(C)(C)C(CCO)CCO.CC(C)(C)CC(O)CO.CC(C)(C)CCN1CCCC1.CC(C)(C)CCN1CCCCC1.CC(C1CC1)C(C)(C)C.CCC(CO)C(C)(C)C.CCC(CO)C(C)(C)C.CCCC(C)(C)C.CCCC(C)(C)C.CCCCC(C)(C)C.CCCOCCC(C)(C)C.CCN(C)CCC(C)(C)C.CN(C)CCC(C)(C)C.COCCC(C)(C)C. The fraction of sp³-hybridized carbons (Fsp3) is 1.00. The van der Waals surface area contributed by atoms with E-state index in [4.69, 9.17) is 40.1 Å². The van der Waals surface area contributed by atoms with Crippen molar-refractivity contribution >= 4 is 0 Å². The molecule has 3 rings (SSSR count). The van der Waals surface area contributed by atoms with E-state index in [1.165, 1.54) is 168 Å². The summed E-state index contributed by atoms with van der Waals surface area (Å²) >= 11 is 0. The lowest BCUT2D eigenvalue weighted by molar-refractivity contribution is 0.0612. The van der Waals surface area contributed by atoms with Gasteiger partial charge in [-0.25, -0.2) is 0 Å². The smallest absolute Gasteiger partial charge is 0.0775 e. The zero-order valence-electron chi connectivity index (χ0n) is 100. The average molecular weight is 1850 g/mol. The summed E-state index contributed by atoms with van der Waals surface area (Å²) in [5, 5.41) is 52.6. The number of ether oxygens (including phenoxy) is 2. The van der Waals surface area contributed by atoms with Crippen molar-refractivity contribution in [2.45, 2.75) is 519 Å². The highest BCUT2D eigenvalue weighted by molar-refractivity contribution is 4.85. The molecule has 0 aromatic heterocycles. The molecular weight excluding hydrogens is 1590 g/mol. The first-order valence-corrected chi connectivity index (χ1v) is 53.4. The molecule has 12 nitrogen and oxygen atoms in total. The first-order chi connectivity index (χ1) is 57.9. The Hall–Kier alpha value is -0.480. The monoisotopic (exact) mass is 1850 g/mol. The molecule has 2 aliphatic heterocycles. The summed E-state index contributed by atoms with van der Waals surface area (Å²) < 4.78 is 10.3. The number of aliphatic hydroxyl groups excluding tert-OH is 6. The summed E-state index contributed by atoms with van der Waals surface area (Å²) in [7, 11) is 8.15. The number of nitrogens with zero attached hydrogens (tertiary/aromatic N) is 4. The molecule has 3 aliphatic rings. The van der Waals surface area contributed by atoms with Gasteiger partial charge >= 0.3 is 0 Å². The standard InChI is InChI=1S/C11H23N.C10H21N.C9H21N.C9H20O2.C9H20O.C9H18.C8H19N.2C8H18O.C8H18.C7H16O2.C7H16O.2C7H16/c1-11(2,3)7-10-12-8-5-4-6-9-12;1-10(2,3)6-9-11-7-4-5-8-11;1-6-10(5)8-7-9(2,3)4;1-9(2,3)8(4-6-10)5-7-11;1-5-7-10-8-6-9(2,3)4;1-7(8-5-6-8)9(2,3)4;1-8(2,3)6-7-9(4)5;2*1-5-7(6-9)8(2,3)4;1-5-6-7-8(2,3)4;1-7(2,3)4-6(9)5-8;1-7(2,3)5-6-8-4;2*1-5-6-7(2,3)4/h4-10H2,1-3H3;4-9H2,1-3H3;6-8H2,1-5H3;8,10-11H,4-7H2,1-3H3;5-8H2,1-4H3;7-8H,5-6H2,1-4H3;6-7H2,1-5H3;2*7,9H,5-6H2,1-4H3;5-7H2,1-4H3;6,8-9H,4-5H2,1-3H3;5-6H2,1-4H3;2*5-6H2,1-4H3. The normalized spacial score (nSPS) is 15.4. The van der Waals surface area contributed by atoms with Gasteiger partial charge in [0.1, 0.15) is 0 Å². The van der Waals surface area contributed by atoms with E-state index in [1.54, 1.807) is 7.11 Å². The number of hydrogen-bond acceptors (Lipinski definition) is 12. The predicted octanol–water partition coefficient (Wildman–Crippen LogP) is 33.0. The minimum Gasteiger partial charge on any atom is -0.396 e. The predicted molar refractivity (Wildman–Crippen MR) is 588 cm³/mol. The Balaban J connectivity index is -0.000000129. The van der Waals surface area contributed by atoms with E-state index in [-0.39, 0.29) is 41.5 Å². The molecule has 0 radical (unpaired) electrons. The Labute approximate surface area is 819 Å². The molecule has 796 valence electrons. The van der Waals surface area contributed by atoms with E-state index in [0.29, 0.717) is 91.5 Å². The van der Waals surface area contributed by atoms with Gasteiger partial charge in [-0.3, -0.25) is 0 Å². The molecule has 129 heavy (non-hydrogen) atoms. The van der Waals surface area contributed by atoms with Crippen LogP contribution < -0.4 is 0 Å². The summed E-state index contributed by atoms with van der Waals surface area (Å²) in [5.41, 5.74) is 5.90. The van der Waals surface area contributed by atoms with Crippen LogP contribution in [0.2, 0.25) is 0 Å². The number of hydrogen-bond donors (Lipinski definition) is 6. The zero-order valence-corrected chi connectivity index (χ0v) is 100. The second-order valence-electron chi connectivity index (χ2n) is 55.4. The summed E-state index contributed by atoms with van der Waals surface area (Å²) in [4.78, 5) is 9.79. The van der Waals surface area contributed by atoms with E-state index in [9.17, 15) is 0 Å². The molecule has 1 aliphatic carbocycles. The van der Waals surface area contributed by atoms with Gasteiger partial charge in [-0.15, -0.1) is 0 Å². The first-order valence-electron chi connectivity index (χ1n) is 53.4. The third kappa shape index (κ3) is 145. The van der Waals surface area contributed by atoms with Gasteiger partial charge in [-0.1, -0.05) is 391 Å². The summed E-state index contributed by atoms with van der Waals surface area (Å²) in [6, 6.07) is 0. The molecule has 2 heterocycles. The lowest BCUT2D eigenvalue weighted by Crippen LogP contribution is -2.32. The van der Waals surface area contributed by atoms with Crippen molar-refractivity contribution in [2.24, 2.45) is 105 Å². The van der Waals surface area contributed by atoms with Crippen molar-refractivity contribution in [3.63, 3.8) is 0 Å². The van der Waals surface area contributed by atoms with E-state index in [0.717, 1.165) is 83.1 Å². The van der Waals surface area contributed by atoms with Gasteiger partial charge in [0, 0.05) is 53.4 Å². The van der Waals surface area contributed by atoms with Gasteiger partial charge in [-0.2, -0.15) is 0 Å². The zero-order chi connectivity index (χ0) is 105. The highest BCUT2D eigenvalue weighted by Crippen LogP contribution is 2.45. The molecule has 0 aromatic carbocycles. The van der Waals surface area contributed by atoms with Gasteiger partial charge in [0.15, 0.2) is 0 Å². The first kappa shape index (κ1) is 151. The molecule has 3 fully saturated rings. The molecule has 6 N–H and O–H groups in total. The molecule has 2 saturated heterocycles. The van der Waals surface area contributed by atoms with Crippen LogP contribution in [0.1, 0.15) is 513 Å². The van der Waals surface area contributed by atoms with Crippen molar-refractivity contribution < 1.29 is 40.1 Å².